The number of thioether (sulfide) groups is 1. The van der Waals surface area contributed by atoms with Gasteiger partial charge in [-0.2, -0.15) is 11.8 Å². The van der Waals surface area contributed by atoms with E-state index in [0.29, 0.717) is 0 Å². The molecule has 0 heterocycles. The van der Waals surface area contributed by atoms with Gasteiger partial charge in [0.2, 0.25) is 23.6 Å². The van der Waals surface area contributed by atoms with Crippen molar-refractivity contribution in [2.24, 2.45) is 11.5 Å². The molecule has 0 aromatic heterocycles. The quantitative estimate of drug-likeness (QED) is 0.397. The molecule has 0 aromatic carbocycles. The molecular weight excluding hydrogens is 272 g/mol. The number of primary amides is 2. The fourth-order valence-electron chi connectivity index (χ4n) is 1.18. The Kier molecular flexibility index (Phi) is 7.57. The number of hydrogen-bond donors (Lipinski definition) is 4. The zero-order valence-corrected chi connectivity index (χ0v) is 11.6. The second-order valence-electron chi connectivity index (χ2n) is 3.85. The largest absolute Gasteiger partial charge is 0.368 e. The van der Waals surface area contributed by atoms with Crippen LogP contribution in [0, 0.1) is 0 Å². The highest BCUT2D eigenvalue weighted by atomic mass is 32.2. The Hall–Kier alpha value is -1.77. The topological polar surface area (TPSA) is 144 Å². The van der Waals surface area contributed by atoms with Gasteiger partial charge in [0.05, 0.1) is 0 Å². The number of amides is 4. The van der Waals surface area contributed by atoms with Crippen LogP contribution in [0.2, 0.25) is 0 Å². The molecule has 0 radical (unpaired) electrons. The Labute approximate surface area is 115 Å². The molecule has 0 spiro atoms. The highest BCUT2D eigenvalue weighted by molar-refractivity contribution is 7.99. The summed E-state index contributed by atoms with van der Waals surface area (Å²) >= 11 is 1.18. The molecule has 0 unspecified atom stereocenters. The molecule has 0 fully saturated rings. The normalized spacial score (nSPS) is 13.2. The molecule has 6 N–H and O–H groups in total. The minimum absolute atomic E-state index is 0.193. The van der Waals surface area contributed by atoms with Gasteiger partial charge >= 0.3 is 0 Å². The molecule has 0 rings (SSSR count). The average molecular weight is 290 g/mol. The second kappa shape index (κ2) is 8.35. The summed E-state index contributed by atoms with van der Waals surface area (Å²) in [5, 5.41) is 4.77. The molecule has 0 aliphatic rings. The molecule has 0 aromatic rings. The number of hydrogen-bond acceptors (Lipinski definition) is 5. The molecular formula is C10H18N4O4S. The van der Waals surface area contributed by atoms with Crippen molar-refractivity contribution in [1.82, 2.24) is 10.6 Å². The summed E-state index contributed by atoms with van der Waals surface area (Å²) in [6.07, 6.45) is 0. The third-order valence-corrected chi connectivity index (χ3v) is 3.15. The average Bonchev–Trinajstić information content (AvgIpc) is 2.24. The Balaban J connectivity index is 4.28. The van der Waals surface area contributed by atoms with E-state index < -0.39 is 23.9 Å². The van der Waals surface area contributed by atoms with Crippen LogP contribution >= 0.6 is 11.8 Å². The lowest BCUT2D eigenvalue weighted by molar-refractivity contribution is -0.125. The lowest BCUT2D eigenvalue weighted by Crippen LogP contribution is -2.47. The lowest BCUT2D eigenvalue weighted by Gasteiger charge is -2.17. The Morgan fingerprint density at radius 1 is 0.895 bits per heavy atom. The Morgan fingerprint density at radius 2 is 1.21 bits per heavy atom. The van der Waals surface area contributed by atoms with Crippen molar-refractivity contribution in [1.29, 1.82) is 0 Å². The predicted molar refractivity (Wildman–Crippen MR) is 70.9 cm³/mol. The Morgan fingerprint density at radius 3 is 1.42 bits per heavy atom. The SMILES string of the molecule is CC(=O)N[C@@H](CSC[C@H](NC(C)=O)C(N)=O)C(N)=O. The summed E-state index contributed by atoms with van der Waals surface area (Å²) in [7, 11) is 0. The molecule has 108 valence electrons. The Bertz CT molecular complexity index is 341. The van der Waals surface area contributed by atoms with Crippen molar-refractivity contribution < 1.29 is 19.2 Å². The van der Waals surface area contributed by atoms with Gasteiger partial charge in [-0.25, -0.2) is 0 Å². The van der Waals surface area contributed by atoms with E-state index in [1.807, 2.05) is 0 Å². The maximum absolute atomic E-state index is 11.1. The van der Waals surface area contributed by atoms with Crippen molar-refractivity contribution in [3.63, 3.8) is 0 Å². The summed E-state index contributed by atoms with van der Waals surface area (Å²) in [5.74, 6) is -1.71. The third-order valence-electron chi connectivity index (χ3n) is 2.01. The van der Waals surface area contributed by atoms with Crippen molar-refractivity contribution in [3.05, 3.63) is 0 Å². The number of nitrogens with two attached hydrogens (primary N) is 2. The van der Waals surface area contributed by atoms with Gasteiger partial charge in [0.1, 0.15) is 12.1 Å². The summed E-state index contributed by atoms with van der Waals surface area (Å²) < 4.78 is 0. The van der Waals surface area contributed by atoms with Gasteiger partial charge in [-0.15, -0.1) is 0 Å². The first-order chi connectivity index (χ1) is 8.73. The summed E-state index contributed by atoms with van der Waals surface area (Å²) in [4.78, 5) is 43.8. The molecule has 2 atom stereocenters. The van der Waals surface area contributed by atoms with Gasteiger partial charge in [-0.1, -0.05) is 0 Å². The molecule has 4 amide bonds. The molecule has 19 heavy (non-hydrogen) atoms. The van der Waals surface area contributed by atoms with Gasteiger partial charge in [0.25, 0.3) is 0 Å². The van der Waals surface area contributed by atoms with Crippen molar-refractivity contribution >= 4 is 35.4 Å². The fraction of sp³-hybridized carbons (Fsp3) is 0.600. The van der Waals surface area contributed by atoms with Crippen LogP contribution in [0.5, 0.6) is 0 Å². The first kappa shape index (κ1) is 17.2. The van der Waals surface area contributed by atoms with Gasteiger partial charge in [-0.3, -0.25) is 19.2 Å². The van der Waals surface area contributed by atoms with E-state index in [9.17, 15) is 19.2 Å². The maximum atomic E-state index is 11.1. The highest BCUT2D eigenvalue weighted by Crippen LogP contribution is 2.06. The van der Waals surface area contributed by atoms with Gasteiger partial charge in [0, 0.05) is 25.4 Å². The first-order valence-electron chi connectivity index (χ1n) is 5.44. The van der Waals surface area contributed by atoms with Crippen molar-refractivity contribution in [3.8, 4) is 0 Å². The zero-order valence-electron chi connectivity index (χ0n) is 10.8. The van der Waals surface area contributed by atoms with Crippen LogP contribution < -0.4 is 22.1 Å². The van der Waals surface area contributed by atoms with Crippen molar-refractivity contribution in [2.45, 2.75) is 25.9 Å². The third kappa shape index (κ3) is 8.03. The fourth-order valence-corrected chi connectivity index (χ4v) is 2.29. The smallest absolute Gasteiger partial charge is 0.240 e. The number of nitrogens with one attached hydrogen (secondary N) is 2. The van der Waals surface area contributed by atoms with Crippen LogP contribution in [0.4, 0.5) is 0 Å². The number of carbonyl (C=O) groups is 4. The van der Waals surface area contributed by atoms with E-state index in [0.717, 1.165) is 0 Å². The molecule has 0 aliphatic carbocycles. The standard InChI is InChI=1S/C10H18N4O4S/c1-5(15)13-7(9(11)17)3-19-4-8(10(12)18)14-6(2)16/h7-8H,3-4H2,1-2H3,(H2,11,17)(H2,12,18)(H,13,15)(H,14,16)/t7-,8-/m0/s1. The van der Waals surface area contributed by atoms with Gasteiger partial charge in [-0.05, 0) is 0 Å². The maximum Gasteiger partial charge on any atom is 0.240 e. The van der Waals surface area contributed by atoms with Crippen LogP contribution in [-0.4, -0.2) is 47.2 Å². The lowest BCUT2D eigenvalue weighted by atomic mass is 10.3. The van der Waals surface area contributed by atoms with Gasteiger partial charge in [0.15, 0.2) is 0 Å². The summed E-state index contributed by atoms with van der Waals surface area (Å²) in [5.41, 5.74) is 10.2. The summed E-state index contributed by atoms with van der Waals surface area (Å²) in [6, 6.07) is -1.65. The first-order valence-corrected chi connectivity index (χ1v) is 6.60. The van der Waals surface area contributed by atoms with E-state index in [1.54, 1.807) is 0 Å². The molecule has 8 nitrogen and oxygen atoms in total. The predicted octanol–water partition coefficient (Wildman–Crippen LogP) is -2.30. The van der Waals surface area contributed by atoms with Crippen LogP contribution in [0.25, 0.3) is 0 Å². The molecule has 0 bridgehead atoms. The highest BCUT2D eigenvalue weighted by Gasteiger charge is 2.20. The second-order valence-corrected chi connectivity index (χ2v) is 4.92. The molecule has 0 saturated carbocycles. The molecule has 0 saturated heterocycles. The van der Waals surface area contributed by atoms with E-state index in [4.69, 9.17) is 11.5 Å². The monoisotopic (exact) mass is 290 g/mol. The number of carbonyl (C=O) groups excluding carboxylic acids is 4. The van der Waals surface area contributed by atoms with E-state index in [1.165, 1.54) is 25.6 Å². The van der Waals surface area contributed by atoms with Gasteiger partial charge < -0.3 is 22.1 Å². The van der Waals surface area contributed by atoms with E-state index in [2.05, 4.69) is 10.6 Å². The van der Waals surface area contributed by atoms with Crippen LogP contribution in [0.3, 0.4) is 0 Å². The van der Waals surface area contributed by atoms with Crippen LogP contribution in [0.1, 0.15) is 13.8 Å². The molecule has 0 aliphatic heterocycles. The summed E-state index contributed by atoms with van der Waals surface area (Å²) in [6.45, 7) is 2.54. The van der Waals surface area contributed by atoms with E-state index >= 15 is 0 Å². The van der Waals surface area contributed by atoms with Crippen LogP contribution in [0.15, 0.2) is 0 Å². The van der Waals surface area contributed by atoms with E-state index in [-0.39, 0.29) is 23.3 Å². The van der Waals surface area contributed by atoms with Crippen molar-refractivity contribution in [2.75, 3.05) is 11.5 Å². The minimum Gasteiger partial charge on any atom is -0.368 e. The van der Waals surface area contributed by atoms with Crippen LogP contribution in [-0.2, 0) is 19.2 Å². The number of rotatable bonds is 8. The molecule has 9 heteroatoms. The minimum atomic E-state index is -0.826. The zero-order chi connectivity index (χ0) is 15.0.